The van der Waals surface area contributed by atoms with E-state index in [1.807, 2.05) is 30.3 Å². The Morgan fingerprint density at radius 3 is 2.79 bits per heavy atom. The van der Waals surface area contributed by atoms with Gasteiger partial charge in [0.1, 0.15) is 0 Å². The third kappa shape index (κ3) is 4.36. The summed E-state index contributed by atoms with van der Waals surface area (Å²) in [6.45, 7) is 2.16. The van der Waals surface area contributed by atoms with Crippen LogP contribution < -0.4 is 5.73 Å². The Morgan fingerprint density at radius 1 is 1.26 bits per heavy atom. The molecule has 0 aliphatic carbocycles. The Hall–Kier alpha value is -1.33. The van der Waals surface area contributed by atoms with Crippen molar-refractivity contribution in [3.8, 4) is 0 Å². The summed E-state index contributed by atoms with van der Waals surface area (Å²) < 4.78 is 5.58. The van der Waals surface area contributed by atoms with Gasteiger partial charge in [0.2, 0.25) is 5.89 Å². The van der Waals surface area contributed by atoms with E-state index >= 15 is 0 Å². The van der Waals surface area contributed by atoms with Crippen LogP contribution in [0.1, 0.15) is 37.3 Å². The fourth-order valence-corrected chi connectivity index (χ4v) is 2.54. The predicted octanol–water partition coefficient (Wildman–Crippen LogP) is 3.20. The maximum atomic E-state index is 6.09. The highest BCUT2D eigenvalue weighted by atomic mass is 32.2. The molecule has 0 fully saturated rings. The average molecular weight is 277 g/mol. The minimum absolute atomic E-state index is 0.240. The first-order valence-electron chi connectivity index (χ1n) is 6.55. The van der Waals surface area contributed by atoms with Crippen LogP contribution in [0.25, 0.3) is 0 Å². The molecule has 2 N–H and O–H groups in total. The maximum absolute atomic E-state index is 6.09. The smallest absolute Gasteiger partial charge is 0.276 e. The lowest BCUT2D eigenvalue weighted by atomic mass is 10.1. The molecule has 0 aliphatic heterocycles. The molecule has 0 saturated heterocycles. The molecule has 0 amide bonds. The van der Waals surface area contributed by atoms with Gasteiger partial charge in [-0.15, -0.1) is 10.2 Å². The number of aromatic nitrogens is 2. The molecule has 2 rings (SSSR count). The van der Waals surface area contributed by atoms with Crippen LogP contribution in [0, 0.1) is 0 Å². The molecule has 1 unspecified atom stereocenters. The van der Waals surface area contributed by atoms with E-state index in [1.54, 1.807) is 11.8 Å². The van der Waals surface area contributed by atoms with Gasteiger partial charge in [-0.2, -0.15) is 0 Å². The Morgan fingerprint density at radius 2 is 2.05 bits per heavy atom. The van der Waals surface area contributed by atoms with Gasteiger partial charge in [-0.3, -0.25) is 0 Å². The van der Waals surface area contributed by atoms with Crippen molar-refractivity contribution < 1.29 is 4.42 Å². The van der Waals surface area contributed by atoms with Crippen LogP contribution in [-0.2, 0) is 6.42 Å². The molecule has 2 aromatic rings. The highest BCUT2D eigenvalue weighted by Crippen LogP contribution is 2.21. The summed E-state index contributed by atoms with van der Waals surface area (Å²) in [6.07, 6.45) is 3.03. The van der Waals surface area contributed by atoms with Crippen molar-refractivity contribution in [2.24, 2.45) is 5.73 Å². The number of rotatable bonds is 7. The molecular formula is C14H19N3OS. The van der Waals surface area contributed by atoms with Gasteiger partial charge in [-0.05, 0) is 18.4 Å². The lowest BCUT2D eigenvalue weighted by molar-refractivity contribution is 0.385. The lowest BCUT2D eigenvalue weighted by Gasteiger charge is -2.06. The van der Waals surface area contributed by atoms with Gasteiger partial charge in [-0.1, -0.05) is 55.4 Å². The zero-order valence-electron chi connectivity index (χ0n) is 11.1. The minimum Gasteiger partial charge on any atom is -0.414 e. The molecule has 102 valence electrons. The summed E-state index contributed by atoms with van der Waals surface area (Å²) in [4.78, 5) is 0. The van der Waals surface area contributed by atoms with Gasteiger partial charge in [-0.25, -0.2) is 0 Å². The second kappa shape index (κ2) is 7.31. The monoisotopic (exact) mass is 277 g/mol. The number of nitrogens with two attached hydrogens (primary N) is 1. The summed E-state index contributed by atoms with van der Waals surface area (Å²) in [6, 6.07) is 9.85. The van der Waals surface area contributed by atoms with Crippen LogP contribution in [0.5, 0.6) is 0 Å². The van der Waals surface area contributed by atoms with E-state index in [9.17, 15) is 0 Å². The minimum atomic E-state index is -0.240. The van der Waals surface area contributed by atoms with Crippen molar-refractivity contribution in [3.05, 3.63) is 41.8 Å². The van der Waals surface area contributed by atoms with E-state index < -0.39 is 0 Å². The molecule has 5 heteroatoms. The van der Waals surface area contributed by atoms with Crippen molar-refractivity contribution in [2.75, 3.05) is 5.75 Å². The second-order valence-electron chi connectivity index (χ2n) is 4.40. The third-order valence-electron chi connectivity index (χ3n) is 2.76. The normalized spacial score (nSPS) is 12.5. The molecular weight excluding hydrogens is 258 g/mol. The van der Waals surface area contributed by atoms with Crippen LogP contribution in [0.3, 0.4) is 0 Å². The van der Waals surface area contributed by atoms with Crippen LogP contribution in [0.4, 0.5) is 0 Å². The number of thioether (sulfide) groups is 1. The molecule has 0 spiro atoms. The van der Waals surface area contributed by atoms with Crippen molar-refractivity contribution in [2.45, 2.75) is 37.5 Å². The molecule has 1 aromatic carbocycles. The number of hydrogen-bond donors (Lipinski definition) is 1. The zero-order chi connectivity index (χ0) is 13.5. The van der Waals surface area contributed by atoms with Gasteiger partial charge in [0.05, 0.1) is 6.04 Å². The zero-order valence-corrected chi connectivity index (χ0v) is 11.9. The standard InChI is InChI=1S/C14H19N3OS/c1-2-3-9-19-14-17-16-13(18-14)12(15)10-11-7-5-4-6-8-11/h4-8,12H,2-3,9-10,15H2,1H3. The molecule has 4 nitrogen and oxygen atoms in total. The number of unbranched alkanes of at least 4 members (excludes halogenated alkanes) is 1. The first-order valence-corrected chi connectivity index (χ1v) is 7.54. The van der Waals surface area contributed by atoms with E-state index in [-0.39, 0.29) is 6.04 Å². The molecule has 0 saturated carbocycles. The van der Waals surface area contributed by atoms with Gasteiger partial charge < -0.3 is 10.2 Å². The molecule has 0 bridgehead atoms. The van der Waals surface area contributed by atoms with Crippen molar-refractivity contribution in [1.29, 1.82) is 0 Å². The van der Waals surface area contributed by atoms with Crippen LogP contribution in [0.15, 0.2) is 40.0 Å². The highest BCUT2D eigenvalue weighted by Gasteiger charge is 2.15. The number of nitrogens with zero attached hydrogens (tertiary/aromatic N) is 2. The van der Waals surface area contributed by atoms with Crippen LogP contribution >= 0.6 is 11.8 Å². The molecule has 19 heavy (non-hydrogen) atoms. The summed E-state index contributed by atoms with van der Waals surface area (Å²) >= 11 is 1.59. The molecule has 1 atom stereocenters. The van der Waals surface area contributed by atoms with E-state index in [2.05, 4.69) is 17.1 Å². The largest absolute Gasteiger partial charge is 0.414 e. The van der Waals surface area contributed by atoms with Crippen molar-refractivity contribution >= 4 is 11.8 Å². The molecule has 1 aromatic heterocycles. The predicted molar refractivity (Wildman–Crippen MR) is 77.0 cm³/mol. The van der Waals surface area contributed by atoms with Crippen LogP contribution in [0.2, 0.25) is 0 Å². The fraction of sp³-hybridized carbons (Fsp3) is 0.429. The van der Waals surface area contributed by atoms with Crippen molar-refractivity contribution in [1.82, 2.24) is 10.2 Å². The Bertz CT molecular complexity index is 486. The van der Waals surface area contributed by atoms with E-state index in [1.165, 1.54) is 12.0 Å². The Balaban J connectivity index is 1.90. The molecule has 0 radical (unpaired) electrons. The maximum Gasteiger partial charge on any atom is 0.276 e. The quantitative estimate of drug-likeness (QED) is 0.622. The first-order chi connectivity index (χ1) is 9.29. The number of hydrogen-bond acceptors (Lipinski definition) is 5. The van der Waals surface area contributed by atoms with Gasteiger partial charge >= 0.3 is 0 Å². The number of benzene rings is 1. The van der Waals surface area contributed by atoms with Gasteiger partial charge in [0.25, 0.3) is 5.22 Å². The van der Waals surface area contributed by atoms with Gasteiger partial charge in [0, 0.05) is 5.75 Å². The highest BCUT2D eigenvalue weighted by molar-refractivity contribution is 7.99. The second-order valence-corrected chi connectivity index (χ2v) is 5.45. The van der Waals surface area contributed by atoms with E-state index in [0.717, 1.165) is 12.2 Å². The molecule has 1 heterocycles. The summed E-state index contributed by atoms with van der Waals surface area (Å²) in [5.41, 5.74) is 7.26. The van der Waals surface area contributed by atoms with E-state index in [0.29, 0.717) is 17.5 Å². The third-order valence-corrected chi connectivity index (χ3v) is 3.67. The summed E-state index contributed by atoms with van der Waals surface area (Å²) in [5.74, 6) is 1.52. The van der Waals surface area contributed by atoms with Gasteiger partial charge in [0.15, 0.2) is 0 Å². The fourth-order valence-electron chi connectivity index (χ4n) is 1.69. The first kappa shape index (κ1) is 14.1. The topological polar surface area (TPSA) is 64.9 Å². The van der Waals surface area contributed by atoms with E-state index in [4.69, 9.17) is 10.2 Å². The average Bonchev–Trinajstić information content (AvgIpc) is 2.89. The Labute approximate surface area is 117 Å². The Kier molecular flexibility index (Phi) is 5.42. The van der Waals surface area contributed by atoms with Crippen molar-refractivity contribution in [3.63, 3.8) is 0 Å². The SMILES string of the molecule is CCCCSc1nnc(C(N)Cc2ccccc2)o1. The molecule has 0 aliphatic rings. The van der Waals surface area contributed by atoms with Crippen LogP contribution in [-0.4, -0.2) is 16.0 Å². The summed E-state index contributed by atoms with van der Waals surface area (Å²) in [7, 11) is 0. The summed E-state index contributed by atoms with van der Waals surface area (Å²) in [5, 5.41) is 8.66. The lowest BCUT2D eigenvalue weighted by Crippen LogP contribution is -2.13.